The molecule has 1 aromatic heterocycles. The first-order valence-electron chi connectivity index (χ1n) is 9.06. The van der Waals surface area contributed by atoms with Gasteiger partial charge in [0.15, 0.2) is 0 Å². The van der Waals surface area contributed by atoms with Gasteiger partial charge in [-0.3, -0.25) is 14.5 Å². The highest BCUT2D eigenvalue weighted by molar-refractivity contribution is 6.31. The maximum Gasteiger partial charge on any atom is 0.238 e. The number of hydrogen-bond acceptors (Lipinski definition) is 5. The zero-order chi connectivity index (χ0) is 20.4. The lowest BCUT2D eigenvalue weighted by atomic mass is 9.93. The molecule has 1 atom stereocenters. The Kier molecular flexibility index (Phi) is 5.28. The van der Waals surface area contributed by atoms with Gasteiger partial charge in [-0.05, 0) is 35.7 Å². The Labute approximate surface area is 172 Å². The van der Waals surface area contributed by atoms with Crippen LogP contribution in [0.5, 0.6) is 0 Å². The number of nitrogens with two attached hydrogens (primary N) is 1. The Morgan fingerprint density at radius 1 is 1.21 bits per heavy atom. The molecule has 2 aromatic carbocycles. The first-order chi connectivity index (χ1) is 14.0. The van der Waals surface area contributed by atoms with Gasteiger partial charge >= 0.3 is 0 Å². The van der Waals surface area contributed by atoms with Crippen molar-refractivity contribution in [1.29, 1.82) is 0 Å². The number of rotatable bonds is 5. The number of anilines is 1. The molecule has 9 heteroatoms. The van der Waals surface area contributed by atoms with Crippen LogP contribution in [0.4, 0.5) is 5.69 Å². The summed E-state index contributed by atoms with van der Waals surface area (Å²) in [5.74, 6) is -0.724. The molecule has 0 bridgehead atoms. The highest BCUT2D eigenvalue weighted by Gasteiger charge is 2.31. The molecule has 1 aliphatic heterocycles. The molecule has 2 amide bonds. The second kappa shape index (κ2) is 8.02. The number of nitrogens with zero attached hydrogens (tertiary/aromatic N) is 4. The first-order valence-corrected chi connectivity index (χ1v) is 9.43. The molecular weight excluding hydrogens is 392 g/mol. The molecule has 0 fully saturated rings. The smallest absolute Gasteiger partial charge is 0.238 e. The normalized spacial score (nSPS) is 16.2. The fraction of sp³-hybridized carbons (Fsp3) is 0.200. The molecule has 0 aliphatic carbocycles. The van der Waals surface area contributed by atoms with E-state index in [9.17, 15) is 9.59 Å². The summed E-state index contributed by atoms with van der Waals surface area (Å²) >= 11 is 6.11. The predicted octanol–water partition coefficient (Wildman–Crippen LogP) is 1.77. The van der Waals surface area contributed by atoms with Crippen molar-refractivity contribution in [1.82, 2.24) is 19.7 Å². The summed E-state index contributed by atoms with van der Waals surface area (Å²) in [4.78, 5) is 30.5. The molecule has 148 valence electrons. The van der Waals surface area contributed by atoms with Crippen molar-refractivity contribution < 1.29 is 9.59 Å². The van der Waals surface area contributed by atoms with Gasteiger partial charge < -0.3 is 11.1 Å². The molecule has 1 aliphatic rings. The lowest BCUT2D eigenvalue weighted by molar-refractivity contribution is -0.125. The number of fused-ring (bicyclic) bond motifs is 1. The van der Waals surface area contributed by atoms with Crippen molar-refractivity contribution in [3.63, 3.8) is 0 Å². The average Bonchev–Trinajstić information content (AvgIpc) is 3.22. The summed E-state index contributed by atoms with van der Waals surface area (Å²) in [5, 5.41) is 7.44. The van der Waals surface area contributed by atoms with Crippen molar-refractivity contribution in [2.24, 2.45) is 5.73 Å². The molecule has 0 unspecified atom stereocenters. The van der Waals surface area contributed by atoms with E-state index in [2.05, 4.69) is 15.4 Å². The SMILES string of the molecule is NC(=O)[C@@H]1Cc2ccccc2CN1CC(=O)Nc1cc(Cl)ccc1-n1cncn1. The number of carbonyl (C=O) groups excluding carboxylic acids is 2. The van der Waals surface area contributed by atoms with E-state index in [1.807, 2.05) is 24.3 Å². The minimum absolute atomic E-state index is 0.0191. The van der Waals surface area contributed by atoms with Crippen molar-refractivity contribution in [3.05, 3.63) is 71.3 Å². The zero-order valence-electron chi connectivity index (χ0n) is 15.5. The Morgan fingerprint density at radius 2 is 2.00 bits per heavy atom. The van der Waals surface area contributed by atoms with Crippen LogP contribution >= 0.6 is 11.6 Å². The second-order valence-electron chi connectivity index (χ2n) is 6.85. The average molecular weight is 411 g/mol. The van der Waals surface area contributed by atoms with Crippen LogP contribution in [0.1, 0.15) is 11.1 Å². The van der Waals surface area contributed by atoms with Gasteiger partial charge in [-0.2, -0.15) is 5.10 Å². The quantitative estimate of drug-likeness (QED) is 0.666. The number of hydrogen-bond donors (Lipinski definition) is 2. The number of nitrogens with one attached hydrogen (secondary N) is 1. The molecular formula is C20H19ClN6O2. The monoisotopic (exact) mass is 410 g/mol. The molecule has 2 heterocycles. The number of primary amides is 1. The third kappa shape index (κ3) is 4.13. The summed E-state index contributed by atoms with van der Waals surface area (Å²) in [6.07, 6.45) is 3.42. The van der Waals surface area contributed by atoms with Crippen LogP contribution in [0.3, 0.4) is 0 Å². The third-order valence-corrected chi connectivity index (χ3v) is 5.15. The minimum atomic E-state index is -0.537. The standard InChI is InChI=1S/C20H19ClN6O2/c21-15-5-6-17(27-12-23-11-24-27)16(8-15)25-19(28)10-26-9-14-4-2-1-3-13(14)7-18(26)20(22)29/h1-6,8,11-12,18H,7,9-10H2,(H2,22,29)(H,25,28)/t18-/m0/s1. The topological polar surface area (TPSA) is 106 Å². The van der Waals surface area contributed by atoms with Gasteiger partial charge in [-0.1, -0.05) is 35.9 Å². The number of aromatic nitrogens is 3. The second-order valence-corrected chi connectivity index (χ2v) is 7.28. The largest absolute Gasteiger partial charge is 0.368 e. The highest BCUT2D eigenvalue weighted by Crippen LogP contribution is 2.25. The first kappa shape index (κ1) is 19.1. The number of benzene rings is 2. The van der Waals surface area contributed by atoms with Crippen molar-refractivity contribution in [2.45, 2.75) is 19.0 Å². The number of amides is 2. The van der Waals surface area contributed by atoms with Crippen molar-refractivity contribution >= 4 is 29.1 Å². The Balaban J connectivity index is 1.54. The van der Waals surface area contributed by atoms with E-state index in [0.29, 0.717) is 29.4 Å². The van der Waals surface area contributed by atoms with Crippen molar-refractivity contribution in [3.8, 4) is 5.69 Å². The lowest BCUT2D eigenvalue weighted by Crippen LogP contribution is -2.50. The minimum Gasteiger partial charge on any atom is -0.368 e. The van der Waals surface area contributed by atoms with Gasteiger partial charge in [0.05, 0.1) is 24.0 Å². The zero-order valence-corrected chi connectivity index (χ0v) is 16.2. The molecule has 29 heavy (non-hydrogen) atoms. The van der Waals surface area contributed by atoms with E-state index in [1.165, 1.54) is 17.3 Å². The Hall–Kier alpha value is -3.23. The van der Waals surface area contributed by atoms with Crippen LogP contribution in [0.25, 0.3) is 5.69 Å². The van der Waals surface area contributed by atoms with E-state index in [1.54, 1.807) is 23.1 Å². The Morgan fingerprint density at radius 3 is 2.72 bits per heavy atom. The van der Waals surface area contributed by atoms with Crippen LogP contribution < -0.4 is 11.1 Å². The predicted molar refractivity (Wildman–Crippen MR) is 109 cm³/mol. The summed E-state index contributed by atoms with van der Waals surface area (Å²) in [5.41, 5.74) is 8.91. The summed E-state index contributed by atoms with van der Waals surface area (Å²) < 4.78 is 1.54. The summed E-state index contributed by atoms with van der Waals surface area (Å²) in [6.45, 7) is 0.494. The van der Waals surface area contributed by atoms with Crippen LogP contribution in [0.15, 0.2) is 55.1 Å². The van der Waals surface area contributed by atoms with Crippen LogP contribution in [0, 0.1) is 0 Å². The molecule has 3 N–H and O–H groups in total. The van der Waals surface area contributed by atoms with Gasteiger partial charge in [0, 0.05) is 11.6 Å². The molecule has 0 spiro atoms. The molecule has 0 saturated carbocycles. The van der Waals surface area contributed by atoms with E-state index >= 15 is 0 Å². The summed E-state index contributed by atoms with van der Waals surface area (Å²) in [6, 6.07) is 12.4. The van der Waals surface area contributed by atoms with E-state index in [0.717, 1.165) is 11.1 Å². The van der Waals surface area contributed by atoms with Gasteiger partial charge in [0.1, 0.15) is 12.7 Å². The maximum absolute atomic E-state index is 12.8. The fourth-order valence-electron chi connectivity index (χ4n) is 3.54. The van der Waals surface area contributed by atoms with Crippen molar-refractivity contribution in [2.75, 3.05) is 11.9 Å². The highest BCUT2D eigenvalue weighted by atomic mass is 35.5. The Bertz CT molecular complexity index is 1050. The summed E-state index contributed by atoms with van der Waals surface area (Å²) in [7, 11) is 0. The van der Waals surface area contributed by atoms with E-state index in [-0.39, 0.29) is 12.5 Å². The third-order valence-electron chi connectivity index (χ3n) is 4.92. The molecule has 3 aromatic rings. The molecule has 0 saturated heterocycles. The fourth-order valence-corrected chi connectivity index (χ4v) is 3.71. The molecule has 4 rings (SSSR count). The lowest BCUT2D eigenvalue weighted by Gasteiger charge is -2.34. The maximum atomic E-state index is 12.8. The van der Waals surface area contributed by atoms with E-state index in [4.69, 9.17) is 17.3 Å². The van der Waals surface area contributed by atoms with Gasteiger partial charge in [-0.25, -0.2) is 9.67 Å². The molecule has 8 nitrogen and oxygen atoms in total. The van der Waals surface area contributed by atoms with Gasteiger partial charge in [-0.15, -0.1) is 0 Å². The van der Waals surface area contributed by atoms with Gasteiger partial charge in [0.2, 0.25) is 11.8 Å². The van der Waals surface area contributed by atoms with Gasteiger partial charge in [0.25, 0.3) is 0 Å². The number of carbonyl (C=O) groups is 2. The van der Waals surface area contributed by atoms with Crippen LogP contribution in [0.2, 0.25) is 5.02 Å². The van der Waals surface area contributed by atoms with E-state index < -0.39 is 11.9 Å². The molecule has 0 radical (unpaired) electrons. The van der Waals surface area contributed by atoms with Crippen LogP contribution in [-0.2, 0) is 22.6 Å². The number of halogens is 1. The van der Waals surface area contributed by atoms with Crippen LogP contribution in [-0.4, -0.2) is 44.1 Å².